The molecule has 0 amide bonds. The molecule has 1 saturated heterocycles. The Balaban J connectivity index is 1.68. The lowest BCUT2D eigenvalue weighted by molar-refractivity contribution is 0.0750. The number of benzene rings is 1. The zero-order valence-corrected chi connectivity index (χ0v) is 15.1. The Hall–Kier alpha value is -1.10. The van der Waals surface area contributed by atoms with E-state index in [0.29, 0.717) is 0 Å². The van der Waals surface area contributed by atoms with Gasteiger partial charge >= 0.3 is 0 Å². The van der Waals surface area contributed by atoms with Crippen LogP contribution in [-0.4, -0.2) is 66.9 Å². The van der Waals surface area contributed by atoms with Crippen LogP contribution in [0.4, 0.5) is 0 Å². The van der Waals surface area contributed by atoms with E-state index in [4.69, 9.17) is 4.74 Å². The minimum absolute atomic E-state index is 0.185. The van der Waals surface area contributed by atoms with Gasteiger partial charge in [0.15, 0.2) is 0 Å². The number of aliphatic hydroxyl groups is 1. The van der Waals surface area contributed by atoms with Crippen molar-refractivity contribution in [1.82, 2.24) is 9.80 Å². The zero-order valence-electron chi connectivity index (χ0n) is 15.1. The monoisotopic (exact) mass is 320 g/mol. The predicted molar refractivity (Wildman–Crippen MR) is 95.2 cm³/mol. The van der Waals surface area contributed by atoms with Gasteiger partial charge in [0.2, 0.25) is 0 Å². The number of hydrogen-bond acceptors (Lipinski definition) is 4. The molecule has 4 nitrogen and oxygen atoms in total. The largest absolute Gasteiger partial charge is 0.492 e. The van der Waals surface area contributed by atoms with Crippen molar-refractivity contribution in [3.63, 3.8) is 0 Å². The molecule has 0 aromatic heterocycles. The number of β-amino-alcohol motifs (C(OH)–C–C–N with tert-alkyl or cyclic N) is 1. The van der Waals surface area contributed by atoms with Gasteiger partial charge in [0.25, 0.3) is 0 Å². The van der Waals surface area contributed by atoms with Crippen LogP contribution in [0.25, 0.3) is 0 Å². The highest BCUT2D eigenvalue weighted by Crippen LogP contribution is 2.24. The van der Waals surface area contributed by atoms with Gasteiger partial charge in [-0.1, -0.05) is 32.9 Å². The first-order valence-corrected chi connectivity index (χ1v) is 8.71. The maximum absolute atomic E-state index is 9.43. The van der Waals surface area contributed by atoms with E-state index in [1.54, 1.807) is 0 Å². The summed E-state index contributed by atoms with van der Waals surface area (Å²) in [6.45, 7) is 15.2. The molecule has 0 spiro atoms. The van der Waals surface area contributed by atoms with E-state index in [-0.39, 0.29) is 11.5 Å². The average molecular weight is 320 g/mol. The molecule has 1 fully saturated rings. The highest BCUT2D eigenvalue weighted by molar-refractivity contribution is 5.31. The van der Waals surface area contributed by atoms with Crippen LogP contribution in [0, 0.1) is 0 Å². The third-order valence-electron chi connectivity index (χ3n) is 4.38. The van der Waals surface area contributed by atoms with Gasteiger partial charge in [0.1, 0.15) is 12.4 Å². The molecule has 0 aliphatic carbocycles. The SMILES string of the molecule is C[C@H](O)CN1CCN(CCOc2ccc(C(C)(C)C)cc2)CC1. The van der Waals surface area contributed by atoms with Gasteiger partial charge in [0, 0.05) is 39.3 Å². The van der Waals surface area contributed by atoms with Crippen molar-refractivity contribution in [3.8, 4) is 5.75 Å². The molecule has 0 radical (unpaired) electrons. The van der Waals surface area contributed by atoms with Crippen molar-refractivity contribution in [2.75, 3.05) is 45.9 Å². The van der Waals surface area contributed by atoms with Crippen molar-refractivity contribution in [2.45, 2.75) is 39.2 Å². The highest BCUT2D eigenvalue weighted by atomic mass is 16.5. The molecule has 1 atom stereocenters. The summed E-state index contributed by atoms with van der Waals surface area (Å²) < 4.78 is 5.87. The van der Waals surface area contributed by atoms with Crippen LogP contribution in [0.2, 0.25) is 0 Å². The summed E-state index contributed by atoms with van der Waals surface area (Å²) in [5.74, 6) is 0.950. The fourth-order valence-corrected chi connectivity index (χ4v) is 2.91. The fourth-order valence-electron chi connectivity index (χ4n) is 2.91. The Morgan fingerprint density at radius 1 is 1.04 bits per heavy atom. The smallest absolute Gasteiger partial charge is 0.119 e. The Labute approximate surface area is 141 Å². The first-order valence-electron chi connectivity index (χ1n) is 8.71. The number of piperazine rings is 1. The number of ether oxygens (including phenoxy) is 1. The maximum atomic E-state index is 9.43. The molecule has 1 aromatic rings. The van der Waals surface area contributed by atoms with Crippen LogP contribution in [0.5, 0.6) is 5.75 Å². The van der Waals surface area contributed by atoms with Crippen molar-refractivity contribution < 1.29 is 9.84 Å². The Morgan fingerprint density at radius 2 is 1.61 bits per heavy atom. The molecule has 23 heavy (non-hydrogen) atoms. The summed E-state index contributed by atoms with van der Waals surface area (Å²) >= 11 is 0. The second kappa shape index (κ2) is 8.13. The van der Waals surface area contributed by atoms with Crippen LogP contribution in [0.3, 0.4) is 0 Å². The van der Waals surface area contributed by atoms with E-state index in [1.165, 1.54) is 5.56 Å². The first kappa shape index (κ1) is 18.2. The van der Waals surface area contributed by atoms with Crippen molar-refractivity contribution >= 4 is 0 Å². The van der Waals surface area contributed by atoms with Gasteiger partial charge in [-0.3, -0.25) is 9.80 Å². The standard InChI is InChI=1S/C19H32N2O2/c1-16(22)15-21-11-9-20(10-12-21)13-14-23-18-7-5-17(6-8-18)19(2,3)4/h5-8,16,22H,9-15H2,1-4H3/t16-/m0/s1. The Bertz CT molecular complexity index is 457. The zero-order chi connectivity index (χ0) is 16.9. The van der Waals surface area contributed by atoms with E-state index >= 15 is 0 Å². The van der Waals surface area contributed by atoms with E-state index in [1.807, 2.05) is 6.92 Å². The normalized spacial score (nSPS) is 18.8. The number of nitrogens with zero attached hydrogens (tertiary/aromatic N) is 2. The minimum Gasteiger partial charge on any atom is -0.492 e. The number of rotatable bonds is 6. The maximum Gasteiger partial charge on any atom is 0.119 e. The lowest BCUT2D eigenvalue weighted by Crippen LogP contribution is -2.49. The lowest BCUT2D eigenvalue weighted by atomic mass is 9.87. The summed E-state index contributed by atoms with van der Waals surface area (Å²) in [6, 6.07) is 8.46. The highest BCUT2D eigenvalue weighted by Gasteiger charge is 2.17. The van der Waals surface area contributed by atoms with Crippen LogP contribution >= 0.6 is 0 Å². The topological polar surface area (TPSA) is 35.9 Å². The van der Waals surface area contributed by atoms with Gasteiger partial charge in [-0.2, -0.15) is 0 Å². The van der Waals surface area contributed by atoms with Gasteiger partial charge in [0.05, 0.1) is 6.10 Å². The molecule has 1 aromatic carbocycles. The van der Waals surface area contributed by atoms with Crippen molar-refractivity contribution in [3.05, 3.63) is 29.8 Å². The van der Waals surface area contributed by atoms with Crippen LogP contribution in [0.15, 0.2) is 24.3 Å². The molecule has 1 heterocycles. The summed E-state index contributed by atoms with van der Waals surface area (Å²) in [5.41, 5.74) is 1.52. The van der Waals surface area contributed by atoms with Crippen molar-refractivity contribution in [2.24, 2.45) is 0 Å². The molecule has 1 aliphatic heterocycles. The first-order chi connectivity index (χ1) is 10.8. The number of hydrogen-bond donors (Lipinski definition) is 1. The van der Waals surface area contributed by atoms with Gasteiger partial charge in [-0.05, 0) is 30.0 Å². The third-order valence-corrected chi connectivity index (χ3v) is 4.38. The molecular formula is C19H32N2O2. The molecule has 1 N–H and O–H groups in total. The second-order valence-corrected chi connectivity index (χ2v) is 7.61. The average Bonchev–Trinajstić information content (AvgIpc) is 2.48. The third kappa shape index (κ3) is 6.13. The van der Waals surface area contributed by atoms with Crippen LogP contribution < -0.4 is 4.74 Å². The predicted octanol–water partition coefficient (Wildman–Crippen LogP) is 2.36. The summed E-state index contributed by atoms with van der Waals surface area (Å²) in [4.78, 5) is 4.76. The Morgan fingerprint density at radius 3 is 2.13 bits per heavy atom. The number of aliphatic hydroxyl groups excluding tert-OH is 1. The fraction of sp³-hybridized carbons (Fsp3) is 0.684. The molecule has 0 bridgehead atoms. The summed E-state index contributed by atoms with van der Waals surface area (Å²) in [7, 11) is 0. The summed E-state index contributed by atoms with van der Waals surface area (Å²) in [5, 5.41) is 9.43. The molecule has 2 rings (SSSR count). The van der Waals surface area contributed by atoms with Crippen LogP contribution in [0.1, 0.15) is 33.3 Å². The minimum atomic E-state index is -0.235. The van der Waals surface area contributed by atoms with Crippen molar-refractivity contribution in [1.29, 1.82) is 0 Å². The quantitative estimate of drug-likeness (QED) is 0.873. The summed E-state index contributed by atoms with van der Waals surface area (Å²) in [6.07, 6.45) is -0.235. The van der Waals surface area contributed by atoms with Gasteiger partial charge in [-0.15, -0.1) is 0 Å². The molecule has 130 valence electrons. The van der Waals surface area contributed by atoms with E-state index in [9.17, 15) is 5.11 Å². The lowest BCUT2D eigenvalue weighted by Gasteiger charge is -2.35. The van der Waals surface area contributed by atoms with E-state index in [0.717, 1.165) is 51.6 Å². The molecule has 4 heteroatoms. The van der Waals surface area contributed by atoms with E-state index in [2.05, 4.69) is 54.8 Å². The van der Waals surface area contributed by atoms with E-state index < -0.39 is 0 Å². The Kier molecular flexibility index (Phi) is 6.45. The van der Waals surface area contributed by atoms with Gasteiger partial charge < -0.3 is 9.84 Å². The van der Waals surface area contributed by atoms with Crippen LogP contribution in [-0.2, 0) is 5.41 Å². The van der Waals surface area contributed by atoms with Gasteiger partial charge in [-0.25, -0.2) is 0 Å². The molecule has 0 saturated carbocycles. The molecular weight excluding hydrogens is 288 g/mol. The second-order valence-electron chi connectivity index (χ2n) is 7.61. The molecule has 1 aliphatic rings. The molecule has 0 unspecified atom stereocenters.